The quantitative estimate of drug-likeness (QED) is 0.589. The van der Waals surface area contributed by atoms with Gasteiger partial charge in [0.1, 0.15) is 0 Å². The van der Waals surface area contributed by atoms with Crippen molar-refractivity contribution in [2.24, 2.45) is 0 Å². The summed E-state index contributed by atoms with van der Waals surface area (Å²) in [4.78, 5) is 19.6. The van der Waals surface area contributed by atoms with Crippen molar-refractivity contribution in [1.82, 2.24) is 9.97 Å². The van der Waals surface area contributed by atoms with E-state index < -0.39 is 5.97 Å². The summed E-state index contributed by atoms with van der Waals surface area (Å²) < 4.78 is 0.775. The van der Waals surface area contributed by atoms with Crippen LogP contribution in [0.2, 0.25) is 0 Å². The summed E-state index contributed by atoms with van der Waals surface area (Å²) in [6, 6.07) is 22.1. The van der Waals surface area contributed by atoms with E-state index in [1.165, 1.54) is 0 Å². The zero-order valence-corrected chi connectivity index (χ0v) is 13.3. The van der Waals surface area contributed by atoms with E-state index in [9.17, 15) is 4.79 Å². The van der Waals surface area contributed by atoms with Gasteiger partial charge in [0.05, 0.1) is 10.4 Å². The summed E-state index contributed by atoms with van der Waals surface area (Å²) in [6.45, 7) is 0. The van der Waals surface area contributed by atoms with E-state index in [0.717, 1.165) is 38.4 Å². The molecule has 24 heavy (non-hydrogen) atoms. The van der Waals surface area contributed by atoms with Crippen molar-refractivity contribution in [2.75, 3.05) is 0 Å². The number of pyridine rings is 1. The first kappa shape index (κ1) is 14.5. The van der Waals surface area contributed by atoms with Gasteiger partial charge in [-0.15, -0.1) is 11.3 Å². The average Bonchev–Trinajstić information content (AvgIpc) is 3.06. The van der Waals surface area contributed by atoms with Crippen LogP contribution in [0.25, 0.3) is 32.7 Å². The molecule has 0 spiro atoms. The van der Waals surface area contributed by atoms with Crippen LogP contribution in [0.4, 0.5) is 0 Å². The van der Waals surface area contributed by atoms with Crippen molar-refractivity contribution < 1.29 is 9.90 Å². The minimum atomic E-state index is -1.02. The van der Waals surface area contributed by atoms with Crippen LogP contribution in [0.3, 0.4) is 0 Å². The predicted molar refractivity (Wildman–Crippen MR) is 95.2 cm³/mol. The Balaban J connectivity index is 1.70. The lowest BCUT2D eigenvalue weighted by molar-refractivity contribution is 0.0696. The van der Waals surface area contributed by atoms with Crippen LogP contribution in [0.1, 0.15) is 9.80 Å². The van der Waals surface area contributed by atoms with Gasteiger partial charge in [0.15, 0.2) is 5.65 Å². The number of rotatable bonds is 3. The molecule has 0 aliphatic heterocycles. The molecule has 5 heteroatoms. The Morgan fingerprint density at radius 1 is 0.792 bits per heavy atom. The lowest BCUT2D eigenvalue weighted by atomic mass is 10.0. The highest BCUT2D eigenvalue weighted by Gasteiger charge is 2.12. The Bertz CT molecular complexity index is 1020. The van der Waals surface area contributed by atoms with E-state index in [1.54, 1.807) is 0 Å². The summed E-state index contributed by atoms with van der Waals surface area (Å²) in [5.74, 6) is -1.02. The number of carboxylic acids is 1. The smallest absolute Gasteiger partial charge is 0.365 e. The average molecular weight is 332 g/mol. The summed E-state index contributed by atoms with van der Waals surface area (Å²) in [6.07, 6.45) is 0. The molecule has 0 aliphatic carbocycles. The fourth-order valence-corrected chi connectivity index (χ4v) is 3.28. The SMILES string of the molecule is O=C(O)c1nc2nc(-c3ccc(-c4ccccc4)cc3)ccc2s1. The molecule has 2 heterocycles. The summed E-state index contributed by atoms with van der Waals surface area (Å²) >= 11 is 1.14. The number of thiazole rings is 1. The van der Waals surface area contributed by atoms with Gasteiger partial charge in [-0.3, -0.25) is 0 Å². The van der Waals surface area contributed by atoms with Gasteiger partial charge in [0.25, 0.3) is 0 Å². The molecule has 2 aromatic heterocycles. The standard InChI is InChI=1S/C19H12N2O2S/c22-19(23)18-21-17-16(24-18)11-10-15(20-17)14-8-6-13(7-9-14)12-4-2-1-3-5-12/h1-11H,(H,22,23). The van der Waals surface area contributed by atoms with Crippen LogP contribution in [0, 0.1) is 0 Å². The largest absolute Gasteiger partial charge is 0.476 e. The highest BCUT2D eigenvalue weighted by Crippen LogP contribution is 2.27. The summed E-state index contributed by atoms with van der Waals surface area (Å²) in [5, 5.41) is 9.10. The van der Waals surface area contributed by atoms with Gasteiger partial charge in [-0.1, -0.05) is 54.6 Å². The third-order valence-corrected chi connectivity index (χ3v) is 4.72. The Kier molecular flexibility index (Phi) is 3.55. The van der Waals surface area contributed by atoms with Crippen LogP contribution in [-0.4, -0.2) is 21.0 Å². The molecule has 0 aliphatic rings. The number of nitrogens with zero attached hydrogens (tertiary/aromatic N) is 2. The fraction of sp³-hybridized carbons (Fsp3) is 0. The summed E-state index contributed by atoms with van der Waals surface area (Å²) in [7, 11) is 0. The highest BCUT2D eigenvalue weighted by molar-refractivity contribution is 7.20. The van der Waals surface area contributed by atoms with E-state index >= 15 is 0 Å². The van der Waals surface area contributed by atoms with Crippen LogP contribution in [0.15, 0.2) is 66.7 Å². The molecule has 4 aromatic rings. The second-order valence-electron chi connectivity index (χ2n) is 5.29. The second-order valence-corrected chi connectivity index (χ2v) is 6.32. The lowest BCUT2D eigenvalue weighted by Gasteiger charge is -2.04. The summed E-state index contributed by atoms with van der Waals surface area (Å²) in [5.41, 5.74) is 4.54. The number of carboxylic acid groups (broad SMARTS) is 1. The first-order valence-corrected chi connectivity index (χ1v) is 8.19. The molecular formula is C19H12N2O2S. The van der Waals surface area contributed by atoms with Gasteiger partial charge >= 0.3 is 5.97 Å². The molecule has 4 nitrogen and oxygen atoms in total. The molecule has 1 N–H and O–H groups in total. The number of aromatic nitrogens is 2. The third-order valence-electron chi connectivity index (χ3n) is 3.72. The van der Waals surface area contributed by atoms with Gasteiger partial charge in [0, 0.05) is 5.56 Å². The van der Waals surface area contributed by atoms with Gasteiger partial charge in [0.2, 0.25) is 5.01 Å². The topological polar surface area (TPSA) is 63.1 Å². The molecule has 0 radical (unpaired) electrons. The number of carbonyl (C=O) groups is 1. The van der Waals surface area contributed by atoms with Crippen LogP contribution in [-0.2, 0) is 0 Å². The van der Waals surface area contributed by atoms with Crippen molar-refractivity contribution in [1.29, 1.82) is 0 Å². The molecule has 0 bridgehead atoms. The molecule has 4 rings (SSSR count). The molecule has 0 unspecified atom stereocenters. The number of hydrogen-bond acceptors (Lipinski definition) is 4. The maximum absolute atomic E-state index is 11.0. The number of benzene rings is 2. The Labute approximate surface area is 142 Å². The number of aromatic carboxylic acids is 1. The molecule has 0 saturated carbocycles. The van der Waals surface area contributed by atoms with Crippen molar-refractivity contribution in [2.45, 2.75) is 0 Å². The fourth-order valence-electron chi connectivity index (χ4n) is 2.53. The first-order chi connectivity index (χ1) is 11.7. The predicted octanol–water partition coefficient (Wildman–Crippen LogP) is 4.72. The van der Waals surface area contributed by atoms with E-state index in [4.69, 9.17) is 5.11 Å². The number of hydrogen-bond donors (Lipinski definition) is 1. The molecule has 0 fully saturated rings. The van der Waals surface area contributed by atoms with Crippen molar-refractivity contribution in [3.8, 4) is 22.4 Å². The lowest BCUT2D eigenvalue weighted by Crippen LogP contribution is -1.93. The highest BCUT2D eigenvalue weighted by atomic mass is 32.1. The zero-order chi connectivity index (χ0) is 16.5. The van der Waals surface area contributed by atoms with Gasteiger partial charge < -0.3 is 5.11 Å². The third kappa shape index (κ3) is 2.66. The van der Waals surface area contributed by atoms with Crippen LogP contribution < -0.4 is 0 Å². The Morgan fingerprint density at radius 2 is 1.46 bits per heavy atom. The zero-order valence-electron chi connectivity index (χ0n) is 12.5. The second kappa shape index (κ2) is 5.86. The Hall–Kier alpha value is -3.05. The van der Waals surface area contributed by atoms with Gasteiger partial charge in [-0.25, -0.2) is 14.8 Å². The van der Waals surface area contributed by atoms with Gasteiger partial charge in [-0.2, -0.15) is 0 Å². The number of fused-ring (bicyclic) bond motifs is 1. The van der Waals surface area contributed by atoms with E-state index in [1.807, 2.05) is 42.5 Å². The molecule has 0 atom stereocenters. The Morgan fingerprint density at radius 3 is 2.17 bits per heavy atom. The normalized spacial score (nSPS) is 10.8. The van der Waals surface area contributed by atoms with E-state index in [2.05, 4.69) is 34.2 Å². The van der Waals surface area contributed by atoms with Crippen LogP contribution >= 0.6 is 11.3 Å². The minimum Gasteiger partial charge on any atom is -0.476 e. The van der Waals surface area contributed by atoms with Crippen molar-refractivity contribution in [3.05, 3.63) is 71.7 Å². The van der Waals surface area contributed by atoms with Crippen molar-refractivity contribution in [3.63, 3.8) is 0 Å². The maximum atomic E-state index is 11.0. The minimum absolute atomic E-state index is 0.0640. The first-order valence-electron chi connectivity index (χ1n) is 7.37. The van der Waals surface area contributed by atoms with Crippen molar-refractivity contribution >= 4 is 27.7 Å². The molecule has 116 valence electrons. The maximum Gasteiger partial charge on any atom is 0.365 e. The molecule has 0 amide bonds. The van der Waals surface area contributed by atoms with E-state index in [0.29, 0.717) is 5.65 Å². The monoisotopic (exact) mass is 332 g/mol. The van der Waals surface area contributed by atoms with Crippen LogP contribution in [0.5, 0.6) is 0 Å². The van der Waals surface area contributed by atoms with Gasteiger partial charge in [-0.05, 0) is 23.3 Å². The van der Waals surface area contributed by atoms with E-state index in [-0.39, 0.29) is 5.01 Å². The molecular weight excluding hydrogens is 320 g/mol. The molecule has 0 saturated heterocycles. The molecule has 2 aromatic carbocycles.